The molecule has 0 N–H and O–H groups in total. The predicted molar refractivity (Wildman–Crippen MR) is 68.5 cm³/mol. The zero-order valence-electron chi connectivity index (χ0n) is 11.0. The topological polar surface area (TPSA) is 43.4 Å². The van der Waals surface area contributed by atoms with E-state index in [-0.39, 0.29) is 17.7 Å². The Balaban J connectivity index is 2.21. The van der Waals surface area contributed by atoms with Gasteiger partial charge in [-0.2, -0.15) is 0 Å². The van der Waals surface area contributed by atoms with Crippen LogP contribution < -0.4 is 0 Å². The first-order chi connectivity index (χ1) is 8.46. The van der Waals surface area contributed by atoms with Gasteiger partial charge in [-0.25, -0.2) is 0 Å². The normalized spacial score (nSPS) is 15.3. The number of rotatable bonds is 4. The SMILES string of the molecule is COC(=O)C(C)(C)c1ccc(C(=O)C2CC2)cc1. The van der Waals surface area contributed by atoms with Crippen LogP contribution in [0.5, 0.6) is 0 Å². The van der Waals surface area contributed by atoms with Gasteiger partial charge in [-0.05, 0) is 32.3 Å². The zero-order valence-corrected chi connectivity index (χ0v) is 11.0. The van der Waals surface area contributed by atoms with Crippen molar-refractivity contribution in [2.24, 2.45) is 5.92 Å². The van der Waals surface area contributed by atoms with Crippen LogP contribution in [0, 0.1) is 5.92 Å². The maximum atomic E-state index is 11.9. The third-order valence-electron chi connectivity index (χ3n) is 3.53. The molecule has 1 fully saturated rings. The second kappa shape index (κ2) is 4.56. The molecule has 18 heavy (non-hydrogen) atoms. The van der Waals surface area contributed by atoms with E-state index in [0.29, 0.717) is 0 Å². The number of Topliss-reactive ketones (excluding diaryl/α,β-unsaturated/α-hetero) is 1. The molecular formula is C15H18O3. The minimum Gasteiger partial charge on any atom is -0.468 e. The molecule has 0 spiro atoms. The number of benzene rings is 1. The van der Waals surface area contributed by atoms with Gasteiger partial charge in [-0.3, -0.25) is 9.59 Å². The van der Waals surface area contributed by atoms with E-state index in [1.54, 1.807) is 12.1 Å². The van der Waals surface area contributed by atoms with Crippen LogP contribution in [-0.2, 0) is 14.9 Å². The molecule has 0 heterocycles. The molecule has 96 valence electrons. The Labute approximate surface area is 107 Å². The molecule has 0 bridgehead atoms. The molecule has 1 aromatic rings. The molecule has 2 rings (SSSR count). The quantitative estimate of drug-likeness (QED) is 0.606. The zero-order chi connectivity index (χ0) is 13.3. The second-order valence-corrected chi connectivity index (χ2v) is 5.33. The molecule has 3 nitrogen and oxygen atoms in total. The monoisotopic (exact) mass is 246 g/mol. The van der Waals surface area contributed by atoms with E-state index in [4.69, 9.17) is 4.74 Å². The minimum absolute atomic E-state index is 0.220. The number of hydrogen-bond acceptors (Lipinski definition) is 3. The lowest BCUT2D eigenvalue weighted by Crippen LogP contribution is -2.30. The number of carbonyl (C=O) groups excluding carboxylic acids is 2. The van der Waals surface area contributed by atoms with Crippen LogP contribution in [0.3, 0.4) is 0 Å². The average molecular weight is 246 g/mol. The van der Waals surface area contributed by atoms with Crippen LogP contribution in [-0.4, -0.2) is 18.9 Å². The van der Waals surface area contributed by atoms with Crippen molar-refractivity contribution in [3.63, 3.8) is 0 Å². The third kappa shape index (κ3) is 2.30. The molecule has 3 heteroatoms. The van der Waals surface area contributed by atoms with Crippen molar-refractivity contribution in [2.45, 2.75) is 32.1 Å². The molecule has 0 radical (unpaired) electrons. The van der Waals surface area contributed by atoms with E-state index in [2.05, 4.69) is 0 Å². The maximum absolute atomic E-state index is 11.9. The Morgan fingerprint density at radius 3 is 2.17 bits per heavy atom. The van der Waals surface area contributed by atoms with Crippen LogP contribution in [0.25, 0.3) is 0 Å². The minimum atomic E-state index is -0.685. The molecular weight excluding hydrogens is 228 g/mol. The fourth-order valence-corrected chi connectivity index (χ4v) is 2.01. The van der Waals surface area contributed by atoms with Crippen LogP contribution in [0.2, 0.25) is 0 Å². The summed E-state index contributed by atoms with van der Waals surface area (Å²) in [6.45, 7) is 3.63. The fourth-order valence-electron chi connectivity index (χ4n) is 2.01. The molecule has 1 aromatic carbocycles. The van der Waals surface area contributed by atoms with Gasteiger partial charge < -0.3 is 4.74 Å². The van der Waals surface area contributed by atoms with Crippen molar-refractivity contribution >= 4 is 11.8 Å². The Hall–Kier alpha value is -1.64. The summed E-state index contributed by atoms with van der Waals surface area (Å²) < 4.78 is 4.79. The number of esters is 1. The van der Waals surface area contributed by atoms with E-state index in [0.717, 1.165) is 24.0 Å². The lowest BCUT2D eigenvalue weighted by Gasteiger charge is -2.22. The lowest BCUT2D eigenvalue weighted by atomic mass is 9.84. The molecule has 1 aliphatic rings. The summed E-state index contributed by atoms with van der Waals surface area (Å²) in [7, 11) is 1.38. The molecule has 0 amide bonds. The summed E-state index contributed by atoms with van der Waals surface area (Å²) in [6.07, 6.45) is 2.02. The summed E-state index contributed by atoms with van der Waals surface area (Å²) >= 11 is 0. The first kappa shape index (κ1) is 12.8. The number of ether oxygens (including phenoxy) is 1. The lowest BCUT2D eigenvalue weighted by molar-refractivity contribution is -0.146. The Bertz CT molecular complexity index is 467. The van der Waals surface area contributed by atoms with Gasteiger partial charge >= 0.3 is 5.97 Å². The van der Waals surface area contributed by atoms with Crippen molar-refractivity contribution in [3.8, 4) is 0 Å². The number of ketones is 1. The fraction of sp³-hybridized carbons (Fsp3) is 0.467. The maximum Gasteiger partial charge on any atom is 0.315 e. The second-order valence-electron chi connectivity index (χ2n) is 5.33. The van der Waals surface area contributed by atoms with E-state index >= 15 is 0 Å². The van der Waals surface area contributed by atoms with Crippen LogP contribution >= 0.6 is 0 Å². The van der Waals surface area contributed by atoms with Gasteiger partial charge in [0.15, 0.2) is 5.78 Å². The van der Waals surface area contributed by atoms with Crippen molar-refractivity contribution in [3.05, 3.63) is 35.4 Å². The van der Waals surface area contributed by atoms with Gasteiger partial charge in [0.25, 0.3) is 0 Å². The van der Waals surface area contributed by atoms with Gasteiger partial charge in [-0.1, -0.05) is 24.3 Å². The summed E-state index contributed by atoms with van der Waals surface area (Å²) in [5, 5.41) is 0. The number of hydrogen-bond donors (Lipinski definition) is 0. The molecule has 1 saturated carbocycles. The largest absolute Gasteiger partial charge is 0.468 e. The van der Waals surface area contributed by atoms with Crippen LogP contribution in [0.4, 0.5) is 0 Å². The van der Waals surface area contributed by atoms with E-state index < -0.39 is 5.41 Å². The van der Waals surface area contributed by atoms with Crippen molar-refractivity contribution in [1.29, 1.82) is 0 Å². The predicted octanol–water partition coefficient (Wildman–Crippen LogP) is 2.73. The van der Waals surface area contributed by atoms with Crippen LogP contribution in [0.1, 0.15) is 42.6 Å². The standard InChI is InChI=1S/C15H18O3/c1-15(2,14(17)18-3)12-8-6-11(7-9-12)13(16)10-4-5-10/h6-10H,4-5H2,1-3H3. The Kier molecular flexibility index (Phi) is 3.24. The number of carbonyl (C=O) groups is 2. The molecule has 0 atom stereocenters. The molecule has 0 saturated heterocycles. The van der Waals surface area contributed by atoms with E-state index in [1.807, 2.05) is 26.0 Å². The van der Waals surface area contributed by atoms with Gasteiger partial charge in [0.1, 0.15) is 0 Å². The highest BCUT2D eigenvalue weighted by molar-refractivity contribution is 5.99. The Morgan fingerprint density at radius 2 is 1.72 bits per heavy atom. The summed E-state index contributed by atoms with van der Waals surface area (Å²) in [5.41, 5.74) is 0.916. The number of methoxy groups -OCH3 is 1. The molecule has 1 aliphatic carbocycles. The van der Waals surface area contributed by atoms with Gasteiger partial charge in [-0.15, -0.1) is 0 Å². The highest BCUT2D eigenvalue weighted by atomic mass is 16.5. The van der Waals surface area contributed by atoms with Crippen molar-refractivity contribution in [2.75, 3.05) is 7.11 Å². The molecule has 0 aliphatic heterocycles. The smallest absolute Gasteiger partial charge is 0.315 e. The molecule has 0 unspecified atom stereocenters. The van der Waals surface area contributed by atoms with Gasteiger partial charge in [0.2, 0.25) is 0 Å². The van der Waals surface area contributed by atoms with Crippen molar-refractivity contribution in [1.82, 2.24) is 0 Å². The average Bonchev–Trinajstić information content (AvgIpc) is 3.21. The highest BCUT2D eigenvalue weighted by Crippen LogP contribution is 2.33. The summed E-state index contributed by atoms with van der Waals surface area (Å²) in [6, 6.07) is 7.29. The van der Waals surface area contributed by atoms with Crippen molar-refractivity contribution < 1.29 is 14.3 Å². The van der Waals surface area contributed by atoms with E-state index in [1.165, 1.54) is 7.11 Å². The van der Waals surface area contributed by atoms with Gasteiger partial charge in [0.05, 0.1) is 12.5 Å². The highest BCUT2D eigenvalue weighted by Gasteiger charge is 2.32. The summed E-state index contributed by atoms with van der Waals surface area (Å²) in [5.74, 6) is 0.172. The Morgan fingerprint density at radius 1 is 1.17 bits per heavy atom. The molecule has 0 aromatic heterocycles. The van der Waals surface area contributed by atoms with Crippen LogP contribution in [0.15, 0.2) is 24.3 Å². The van der Waals surface area contributed by atoms with Gasteiger partial charge in [0, 0.05) is 11.5 Å². The first-order valence-electron chi connectivity index (χ1n) is 6.20. The third-order valence-corrected chi connectivity index (χ3v) is 3.53. The van der Waals surface area contributed by atoms with E-state index in [9.17, 15) is 9.59 Å². The first-order valence-corrected chi connectivity index (χ1v) is 6.20. The summed E-state index contributed by atoms with van der Waals surface area (Å²) in [4.78, 5) is 23.5.